The first-order valence-electron chi connectivity index (χ1n) is 7.32. The van der Waals surface area contributed by atoms with Gasteiger partial charge in [0.1, 0.15) is 5.82 Å². The van der Waals surface area contributed by atoms with E-state index in [2.05, 4.69) is 60.0 Å². The van der Waals surface area contributed by atoms with Gasteiger partial charge in [0.05, 0.1) is 17.1 Å². The van der Waals surface area contributed by atoms with Crippen molar-refractivity contribution in [1.82, 2.24) is 15.3 Å². The Morgan fingerprint density at radius 2 is 2.20 bits per heavy atom. The third-order valence-corrected chi connectivity index (χ3v) is 5.54. The Hall–Kier alpha value is -1.00. The van der Waals surface area contributed by atoms with Gasteiger partial charge in [-0.3, -0.25) is 0 Å². The van der Waals surface area contributed by atoms with Crippen molar-refractivity contribution in [2.24, 2.45) is 5.41 Å². The van der Waals surface area contributed by atoms with E-state index in [9.17, 15) is 0 Å². The number of imidazole rings is 1. The number of rotatable bonds is 3. The van der Waals surface area contributed by atoms with Crippen LogP contribution in [0.4, 0.5) is 0 Å². The van der Waals surface area contributed by atoms with Crippen molar-refractivity contribution in [2.75, 3.05) is 11.5 Å². The summed E-state index contributed by atoms with van der Waals surface area (Å²) in [4.78, 5) is 8.11. The predicted molar refractivity (Wildman–Crippen MR) is 87.2 cm³/mol. The summed E-state index contributed by atoms with van der Waals surface area (Å²) in [5.74, 6) is 3.51. The lowest BCUT2D eigenvalue weighted by Crippen LogP contribution is -2.41. The SMILES string of the molecule is CC(NC1CSCC(C)(C)C1)c1nc2ccccc2[nH]1. The number of para-hydroxylation sites is 2. The van der Waals surface area contributed by atoms with Gasteiger partial charge in [0.15, 0.2) is 0 Å². The van der Waals surface area contributed by atoms with Crippen LogP contribution in [0.1, 0.15) is 39.1 Å². The molecule has 3 nitrogen and oxygen atoms in total. The zero-order chi connectivity index (χ0) is 14.2. The van der Waals surface area contributed by atoms with Gasteiger partial charge < -0.3 is 10.3 Å². The van der Waals surface area contributed by atoms with Crippen LogP contribution in [-0.4, -0.2) is 27.5 Å². The van der Waals surface area contributed by atoms with E-state index in [1.807, 2.05) is 12.1 Å². The maximum atomic E-state index is 4.69. The number of nitrogens with zero attached hydrogens (tertiary/aromatic N) is 1. The summed E-state index contributed by atoms with van der Waals surface area (Å²) in [6, 6.07) is 9.06. The molecule has 1 aromatic carbocycles. The molecule has 2 N–H and O–H groups in total. The van der Waals surface area contributed by atoms with Crippen LogP contribution in [0.3, 0.4) is 0 Å². The van der Waals surface area contributed by atoms with Crippen molar-refractivity contribution in [2.45, 2.75) is 39.3 Å². The number of H-pyrrole nitrogens is 1. The summed E-state index contributed by atoms with van der Waals surface area (Å²) in [7, 11) is 0. The normalized spacial score (nSPS) is 23.9. The van der Waals surface area contributed by atoms with Crippen LogP contribution in [0.15, 0.2) is 24.3 Å². The molecule has 20 heavy (non-hydrogen) atoms. The van der Waals surface area contributed by atoms with Gasteiger partial charge in [0.25, 0.3) is 0 Å². The Bertz CT molecular complexity index is 557. The average Bonchev–Trinajstić information content (AvgIpc) is 2.81. The Labute approximate surface area is 124 Å². The second-order valence-electron chi connectivity index (χ2n) is 6.61. The van der Waals surface area contributed by atoms with Crippen LogP contribution in [0, 0.1) is 5.41 Å². The Morgan fingerprint density at radius 3 is 2.95 bits per heavy atom. The van der Waals surface area contributed by atoms with Crippen molar-refractivity contribution in [1.29, 1.82) is 0 Å². The quantitative estimate of drug-likeness (QED) is 0.904. The minimum absolute atomic E-state index is 0.266. The fourth-order valence-corrected chi connectivity index (χ4v) is 4.27. The minimum Gasteiger partial charge on any atom is -0.341 e. The number of thioether (sulfide) groups is 1. The van der Waals surface area contributed by atoms with Gasteiger partial charge in [0, 0.05) is 11.8 Å². The summed E-state index contributed by atoms with van der Waals surface area (Å²) < 4.78 is 0. The minimum atomic E-state index is 0.266. The molecule has 0 spiro atoms. The summed E-state index contributed by atoms with van der Waals surface area (Å²) in [6.07, 6.45) is 1.24. The lowest BCUT2D eigenvalue weighted by atomic mass is 9.87. The predicted octanol–water partition coefficient (Wildman–Crippen LogP) is 3.75. The molecular weight excluding hydrogens is 266 g/mol. The molecule has 108 valence electrons. The largest absolute Gasteiger partial charge is 0.341 e. The van der Waals surface area contributed by atoms with Crippen molar-refractivity contribution in [3.8, 4) is 0 Å². The Morgan fingerprint density at radius 1 is 1.40 bits per heavy atom. The highest BCUT2D eigenvalue weighted by atomic mass is 32.2. The molecule has 1 aliphatic heterocycles. The van der Waals surface area contributed by atoms with Gasteiger partial charge in [-0.1, -0.05) is 26.0 Å². The topological polar surface area (TPSA) is 40.7 Å². The molecule has 1 aliphatic rings. The van der Waals surface area contributed by atoms with Crippen LogP contribution in [0.2, 0.25) is 0 Å². The van der Waals surface area contributed by atoms with Gasteiger partial charge in [-0.15, -0.1) is 0 Å². The maximum absolute atomic E-state index is 4.69. The van der Waals surface area contributed by atoms with Gasteiger partial charge in [-0.05, 0) is 36.6 Å². The van der Waals surface area contributed by atoms with E-state index in [4.69, 9.17) is 0 Å². The zero-order valence-corrected chi connectivity index (χ0v) is 13.3. The molecule has 0 bridgehead atoms. The molecule has 0 amide bonds. The fourth-order valence-electron chi connectivity index (χ4n) is 2.98. The number of benzene rings is 1. The van der Waals surface area contributed by atoms with Crippen LogP contribution >= 0.6 is 11.8 Å². The molecule has 1 fully saturated rings. The van der Waals surface area contributed by atoms with Crippen molar-refractivity contribution >= 4 is 22.8 Å². The monoisotopic (exact) mass is 289 g/mol. The van der Waals surface area contributed by atoms with E-state index in [-0.39, 0.29) is 6.04 Å². The molecule has 2 heterocycles. The van der Waals surface area contributed by atoms with Crippen molar-refractivity contribution in [3.05, 3.63) is 30.1 Å². The van der Waals surface area contributed by atoms with E-state index in [0.717, 1.165) is 16.9 Å². The zero-order valence-electron chi connectivity index (χ0n) is 12.4. The fraction of sp³-hybridized carbons (Fsp3) is 0.562. The number of hydrogen-bond donors (Lipinski definition) is 2. The molecule has 0 aliphatic carbocycles. The smallest absolute Gasteiger partial charge is 0.124 e. The molecule has 3 rings (SSSR count). The molecule has 1 saturated heterocycles. The second-order valence-corrected chi connectivity index (χ2v) is 7.64. The first-order chi connectivity index (χ1) is 9.53. The van der Waals surface area contributed by atoms with Crippen LogP contribution in [0.5, 0.6) is 0 Å². The standard InChI is InChI=1S/C16H23N3S/c1-11(17-12-8-16(2,3)10-20-9-12)15-18-13-6-4-5-7-14(13)19-15/h4-7,11-12,17H,8-10H2,1-3H3,(H,18,19). The third-order valence-electron chi connectivity index (χ3n) is 3.91. The highest BCUT2D eigenvalue weighted by Crippen LogP contribution is 2.34. The molecule has 0 saturated carbocycles. The summed E-state index contributed by atoms with van der Waals surface area (Å²) >= 11 is 2.06. The molecular formula is C16H23N3S. The Kier molecular flexibility index (Phi) is 3.78. The highest BCUT2D eigenvalue weighted by Gasteiger charge is 2.29. The van der Waals surface area contributed by atoms with Crippen LogP contribution < -0.4 is 5.32 Å². The molecule has 2 unspecified atom stereocenters. The van der Waals surface area contributed by atoms with Gasteiger partial charge in [0.2, 0.25) is 0 Å². The number of aromatic amines is 1. The van der Waals surface area contributed by atoms with E-state index in [1.165, 1.54) is 17.9 Å². The molecule has 4 heteroatoms. The average molecular weight is 289 g/mol. The van der Waals surface area contributed by atoms with Crippen molar-refractivity contribution < 1.29 is 0 Å². The Balaban J connectivity index is 1.71. The van der Waals surface area contributed by atoms with E-state index in [1.54, 1.807) is 0 Å². The van der Waals surface area contributed by atoms with E-state index in [0.29, 0.717) is 11.5 Å². The molecule has 2 atom stereocenters. The lowest BCUT2D eigenvalue weighted by Gasteiger charge is -2.36. The number of aromatic nitrogens is 2. The molecule has 0 radical (unpaired) electrons. The van der Waals surface area contributed by atoms with E-state index < -0.39 is 0 Å². The number of nitrogens with one attached hydrogen (secondary N) is 2. The summed E-state index contributed by atoms with van der Waals surface area (Å²) in [5.41, 5.74) is 2.61. The second kappa shape index (κ2) is 5.41. The number of hydrogen-bond acceptors (Lipinski definition) is 3. The van der Waals surface area contributed by atoms with Gasteiger partial charge in [-0.2, -0.15) is 11.8 Å². The third kappa shape index (κ3) is 3.01. The van der Waals surface area contributed by atoms with Crippen molar-refractivity contribution in [3.63, 3.8) is 0 Å². The summed E-state index contributed by atoms with van der Waals surface area (Å²) in [6.45, 7) is 6.92. The first kappa shape index (κ1) is 14.0. The van der Waals surface area contributed by atoms with Gasteiger partial charge >= 0.3 is 0 Å². The van der Waals surface area contributed by atoms with Crippen LogP contribution in [0.25, 0.3) is 11.0 Å². The maximum Gasteiger partial charge on any atom is 0.124 e. The molecule has 1 aromatic heterocycles. The first-order valence-corrected chi connectivity index (χ1v) is 8.47. The molecule has 2 aromatic rings. The highest BCUT2D eigenvalue weighted by molar-refractivity contribution is 7.99. The van der Waals surface area contributed by atoms with Crippen LogP contribution in [-0.2, 0) is 0 Å². The summed E-state index contributed by atoms with van der Waals surface area (Å²) in [5, 5.41) is 3.74. The number of fused-ring (bicyclic) bond motifs is 1. The van der Waals surface area contributed by atoms with Gasteiger partial charge in [-0.25, -0.2) is 4.98 Å². The lowest BCUT2D eigenvalue weighted by molar-refractivity contribution is 0.303. The van der Waals surface area contributed by atoms with E-state index >= 15 is 0 Å².